The molecule has 1 atom stereocenters. The van der Waals surface area contributed by atoms with Crippen molar-refractivity contribution >= 4 is 15.9 Å². The van der Waals surface area contributed by atoms with E-state index in [4.69, 9.17) is 4.74 Å². The highest BCUT2D eigenvalue weighted by molar-refractivity contribution is 9.10. The van der Waals surface area contributed by atoms with Crippen molar-refractivity contribution in [2.24, 2.45) is 0 Å². The number of hydrogen-bond acceptors (Lipinski definition) is 2. The van der Waals surface area contributed by atoms with Gasteiger partial charge in [0.1, 0.15) is 18.5 Å². The number of ether oxygens (including phenoxy) is 1. The molecule has 0 spiro atoms. The van der Waals surface area contributed by atoms with Gasteiger partial charge in [0.15, 0.2) is 0 Å². The average molecular weight is 307 g/mol. The van der Waals surface area contributed by atoms with Crippen LogP contribution in [-0.2, 0) is 0 Å². The van der Waals surface area contributed by atoms with Crippen molar-refractivity contribution in [3.8, 4) is 5.75 Å². The van der Waals surface area contributed by atoms with Crippen LogP contribution in [-0.4, -0.2) is 11.7 Å². The van der Waals surface area contributed by atoms with E-state index in [9.17, 15) is 5.11 Å². The number of aliphatic hydroxyl groups is 1. The minimum Gasteiger partial charge on any atom is -0.491 e. The van der Waals surface area contributed by atoms with Crippen LogP contribution in [0.25, 0.3) is 0 Å². The molecule has 0 aromatic heterocycles. The van der Waals surface area contributed by atoms with E-state index in [2.05, 4.69) is 15.9 Å². The predicted molar refractivity (Wildman–Crippen MR) is 75.8 cm³/mol. The Morgan fingerprint density at radius 3 is 2.56 bits per heavy atom. The van der Waals surface area contributed by atoms with E-state index in [1.54, 1.807) is 0 Å². The van der Waals surface area contributed by atoms with Gasteiger partial charge in [0.2, 0.25) is 0 Å². The van der Waals surface area contributed by atoms with E-state index >= 15 is 0 Å². The fourth-order valence-corrected chi connectivity index (χ4v) is 1.94. The zero-order valence-electron chi connectivity index (χ0n) is 10.1. The molecule has 1 unspecified atom stereocenters. The van der Waals surface area contributed by atoms with Gasteiger partial charge in [0, 0.05) is 4.47 Å². The molecule has 2 aromatic rings. The lowest BCUT2D eigenvalue weighted by Crippen LogP contribution is -2.09. The quantitative estimate of drug-likeness (QED) is 0.929. The molecule has 0 aliphatic carbocycles. The van der Waals surface area contributed by atoms with E-state index in [-0.39, 0.29) is 6.61 Å². The molecule has 3 heteroatoms. The highest BCUT2D eigenvalue weighted by atomic mass is 79.9. The third-order valence-corrected chi connectivity index (χ3v) is 3.18. The Labute approximate surface area is 115 Å². The zero-order chi connectivity index (χ0) is 13.0. The summed E-state index contributed by atoms with van der Waals surface area (Å²) >= 11 is 3.37. The van der Waals surface area contributed by atoms with Crippen molar-refractivity contribution in [3.63, 3.8) is 0 Å². The number of aryl methyl sites for hydroxylation is 1. The van der Waals surface area contributed by atoms with Gasteiger partial charge >= 0.3 is 0 Å². The minimum absolute atomic E-state index is 0.255. The first-order valence-electron chi connectivity index (χ1n) is 5.78. The number of benzene rings is 2. The number of aliphatic hydroxyl groups excluding tert-OH is 1. The van der Waals surface area contributed by atoms with Gasteiger partial charge in [-0.2, -0.15) is 0 Å². The summed E-state index contributed by atoms with van der Waals surface area (Å²) in [5.41, 5.74) is 2.02. The monoisotopic (exact) mass is 306 g/mol. The molecule has 0 saturated heterocycles. The van der Waals surface area contributed by atoms with Crippen LogP contribution in [0.15, 0.2) is 53.0 Å². The average Bonchev–Trinajstić information content (AvgIpc) is 2.38. The van der Waals surface area contributed by atoms with Crippen molar-refractivity contribution in [1.29, 1.82) is 0 Å². The van der Waals surface area contributed by atoms with E-state index in [1.165, 1.54) is 0 Å². The first kappa shape index (κ1) is 13.1. The van der Waals surface area contributed by atoms with Gasteiger partial charge in [-0.15, -0.1) is 0 Å². The highest BCUT2D eigenvalue weighted by Gasteiger charge is 2.08. The molecule has 18 heavy (non-hydrogen) atoms. The molecule has 0 amide bonds. The van der Waals surface area contributed by atoms with Crippen molar-refractivity contribution < 1.29 is 9.84 Å². The van der Waals surface area contributed by atoms with Crippen LogP contribution in [0.4, 0.5) is 0 Å². The molecular formula is C15H15BrO2. The highest BCUT2D eigenvalue weighted by Crippen LogP contribution is 2.19. The van der Waals surface area contributed by atoms with Crippen LogP contribution in [0.5, 0.6) is 5.75 Å². The van der Waals surface area contributed by atoms with Crippen LogP contribution in [0, 0.1) is 6.92 Å². The van der Waals surface area contributed by atoms with E-state index < -0.39 is 6.10 Å². The van der Waals surface area contributed by atoms with Gasteiger partial charge in [-0.3, -0.25) is 0 Å². The Morgan fingerprint density at radius 2 is 1.89 bits per heavy atom. The van der Waals surface area contributed by atoms with Gasteiger partial charge in [-0.05, 0) is 36.8 Å². The first-order valence-corrected chi connectivity index (χ1v) is 6.57. The van der Waals surface area contributed by atoms with Crippen LogP contribution in [0.2, 0.25) is 0 Å². The summed E-state index contributed by atoms with van der Waals surface area (Å²) in [5.74, 6) is 0.755. The third kappa shape index (κ3) is 3.59. The van der Waals surface area contributed by atoms with Crippen molar-refractivity contribution in [2.75, 3.05) is 6.61 Å². The molecule has 2 aromatic carbocycles. The summed E-state index contributed by atoms with van der Waals surface area (Å²) in [6, 6.07) is 15.4. The number of hydrogen-bond donors (Lipinski definition) is 1. The Kier molecular flexibility index (Phi) is 4.39. The second-order valence-corrected chi connectivity index (χ2v) is 5.11. The lowest BCUT2D eigenvalue weighted by molar-refractivity contribution is 0.108. The maximum atomic E-state index is 10.0. The second kappa shape index (κ2) is 6.03. The normalized spacial score (nSPS) is 12.2. The fraction of sp³-hybridized carbons (Fsp3) is 0.200. The molecule has 2 rings (SSSR count). The molecule has 1 N–H and O–H groups in total. The maximum absolute atomic E-state index is 10.0. The molecule has 0 bridgehead atoms. The van der Waals surface area contributed by atoms with Gasteiger partial charge in [0.25, 0.3) is 0 Å². The van der Waals surface area contributed by atoms with Crippen molar-refractivity contribution in [1.82, 2.24) is 0 Å². The molecular weight excluding hydrogens is 292 g/mol. The molecule has 2 nitrogen and oxygen atoms in total. The molecule has 0 saturated carbocycles. The van der Waals surface area contributed by atoms with E-state index in [0.717, 1.165) is 21.3 Å². The molecule has 0 aliphatic rings. The molecule has 0 fully saturated rings. The minimum atomic E-state index is -0.603. The Bertz CT molecular complexity index is 508. The maximum Gasteiger partial charge on any atom is 0.119 e. The summed E-state index contributed by atoms with van der Waals surface area (Å²) in [6.45, 7) is 2.26. The standard InChI is InChI=1S/C15H15BrO2/c1-11-3-2-4-12(9-11)15(17)10-18-14-7-5-13(16)6-8-14/h2-9,15,17H,10H2,1H3. The SMILES string of the molecule is Cc1cccc(C(O)COc2ccc(Br)cc2)c1. The Balaban J connectivity index is 1.96. The fourth-order valence-electron chi connectivity index (χ4n) is 1.68. The molecule has 0 aliphatic heterocycles. The van der Waals surface area contributed by atoms with Crippen molar-refractivity contribution in [2.45, 2.75) is 13.0 Å². The molecule has 0 heterocycles. The smallest absolute Gasteiger partial charge is 0.119 e. The predicted octanol–water partition coefficient (Wildman–Crippen LogP) is 3.87. The van der Waals surface area contributed by atoms with Gasteiger partial charge in [-0.1, -0.05) is 45.8 Å². The van der Waals surface area contributed by atoms with Crippen LogP contribution in [0.1, 0.15) is 17.2 Å². The lowest BCUT2D eigenvalue weighted by Gasteiger charge is -2.13. The van der Waals surface area contributed by atoms with Gasteiger partial charge < -0.3 is 9.84 Å². The second-order valence-electron chi connectivity index (χ2n) is 4.19. The van der Waals surface area contributed by atoms with Gasteiger partial charge in [-0.25, -0.2) is 0 Å². The van der Waals surface area contributed by atoms with Crippen LogP contribution >= 0.6 is 15.9 Å². The first-order chi connectivity index (χ1) is 8.65. The van der Waals surface area contributed by atoms with E-state index in [1.807, 2.05) is 55.5 Å². The lowest BCUT2D eigenvalue weighted by atomic mass is 10.1. The summed E-state index contributed by atoms with van der Waals surface area (Å²) in [7, 11) is 0. The zero-order valence-corrected chi connectivity index (χ0v) is 11.7. The summed E-state index contributed by atoms with van der Waals surface area (Å²) in [5, 5.41) is 10.0. The van der Waals surface area contributed by atoms with Crippen LogP contribution in [0.3, 0.4) is 0 Å². The van der Waals surface area contributed by atoms with Crippen LogP contribution < -0.4 is 4.74 Å². The molecule has 0 radical (unpaired) electrons. The topological polar surface area (TPSA) is 29.5 Å². The summed E-state index contributed by atoms with van der Waals surface area (Å²) in [4.78, 5) is 0. The van der Waals surface area contributed by atoms with E-state index in [0.29, 0.717) is 0 Å². The number of halogens is 1. The summed E-state index contributed by atoms with van der Waals surface area (Å²) < 4.78 is 6.55. The Morgan fingerprint density at radius 1 is 1.17 bits per heavy atom. The molecule has 94 valence electrons. The number of rotatable bonds is 4. The Hall–Kier alpha value is -1.32. The van der Waals surface area contributed by atoms with Crippen molar-refractivity contribution in [3.05, 3.63) is 64.1 Å². The largest absolute Gasteiger partial charge is 0.491 e. The summed E-state index contributed by atoms with van der Waals surface area (Å²) in [6.07, 6.45) is -0.603. The van der Waals surface area contributed by atoms with Gasteiger partial charge in [0.05, 0.1) is 0 Å². The third-order valence-electron chi connectivity index (χ3n) is 2.65.